The van der Waals surface area contributed by atoms with E-state index in [1.54, 1.807) is 23.2 Å². The van der Waals surface area contributed by atoms with E-state index in [-0.39, 0.29) is 6.61 Å². The number of nitrogens with zero attached hydrogens (tertiary/aromatic N) is 3. The highest BCUT2D eigenvalue weighted by Gasteiger charge is 2.43. The highest BCUT2D eigenvalue weighted by atomic mass is 16.6. The van der Waals surface area contributed by atoms with Crippen molar-refractivity contribution < 1.29 is 20.1 Å². The molecule has 8 nitrogen and oxygen atoms in total. The Balaban J connectivity index is 1.61. The summed E-state index contributed by atoms with van der Waals surface area (Å²) in [5.41, 5.74) is 2.47. The number of aliphatic hydroxyl groups excluding tert-OH is 3. The smallest absolute Gasteiger partial charge is 0.164 e. The Bertz CT molecular complexity index is 885. The molecule has 0 spiro atoms. The summed E-state index contributed by atoms with van der Waals surface area (Å²) in [6.45, 7) is 0.237. The van der Waals surface area contributed by atoms with Crippen LogP contribution in [-0.4, -0.2) is 54.8 Å². The molecule has 8 heteroatoms. The molecule has 1 aromatic carbocycles. The summed E-state index contributed by atoms with van der Waals surface area (Å²) < 4.78 is 7.24. The van der Waals surface area contributed by atoms with Crippen molar-refractivity contribution in [3.05, 3.63) is 54.5 Å². The van der Waals surface area contributed by atoms with Crippen molar-refractivity contribution in [1.29, 1.82) is 0 Å². The van der Waals surface area contributed by atoms with E-state index in [1.165, 1.54) is 0 Å². The molecule has 1 fully saturated rings. The lowest BCUT2D eigenvalue weighted by molar-refractivity contribution is -0.0508. The van der Waals surface area contributed by atoms with Crippen LogP contribution in [0, 0.1) is 0 Å². The molecule has 2 aromatic heterocycles. The molecule has 1 aliphatic heterocycles. The number of ether oxygens (including phenoxy) is 1. The summed E-state index contributed by atoms with van der Waals surface area (Å²) in [7, 11) is 0. The van der Waals surface area contributed by atoms with Crippen molar-refractivity contribution >= 4 is 16.9 Å². The molecule has 4 N–H and O–H groups in total. The summed E-state index contributed by atoms with van der Waals surface area (Å²) in [6.07, 6.45) is -0.768. The number of nitrogens with one attached hydrogen (secondary N) is 1. The molecule has 0 bridgehead atoms. The van der Waals surface area contributed by atoms with Crippen LogP contribution in [0.4, 0.5) is 5.82 Å². The molecule has 1 saturated heterocycles. The Morgan fingerprint density at radius 2 is 1.88 bits per heavy atom. The van der Waals surface area contributed by atoms with Crippen LogP contribution < -0.4 is 5.32 Å². The average Bonchev–Trinajstić information content (AvgIpc) is 3.23. The lowest BCUT2D eigenvalue weighted by atomic mass is 10.1. The van der Waals surface area contributed by atoms with Gasteiger partial charge in [0, 0.05) is 12.7 Å². The van der Waals surface area contributed by atoms with Crippen LogP contribution in [0.5, 0.6) is 0 Å². The van der Waals surface area contributed by atoms with Gasteiger partial charge in [-0.15, -0.1) is 0 Å². The minimum atomic E-state index is -1.15. The second-order valence-electron chi connectivity index (χ2n) is 6.25. The van der Waals surface area contributed by atoms with Crippen molar-refractivity contribution in [3.8, 4) is 0 Å². The maximum atomic E-state index is 10.2. The monoisotopic (exact) mass is 356 g/mol. The van der Waals surface area contributed by atoms with E-state index in [9.17, 15) is 15.3 Å². The van der Waals surface area contributed by atoms with Crippen molar-refractivity contribution in [2.24, 2.45) is 0 Å². The van der Waals surface area contributed by atoms with Gasteiger partial charge in [-0.3, -0.25) is 0 Å². The Kier molecular flexibility index (Phi) is 4.56. The fourth-order valence-corrected chi connectivity index (χ4v) is 3.19. The molecule has 26 heavy (non-hydrogen) atoms. The number of imidazole rings is 1. The van der Waals surface area contributed by atoms with Gasteiger partial charge < -0.3 is 29.9 Å². The molecule has 3 heterocycles. The number of aliphatic hydroxyl groups is 3. The van der Waals surface area contributed by atoms with Gasteiger partial charge in [-0.25, -0.2) is 9.97 Å². The first-order valence-corrected chi connectivity index (χ1v) is 8.41. The van der Waals surface area contributed by atoms with E-state index in [0.29, 0.717) is 23.4 Å². The van der Waals surface area contributed by atoms with Gasteiger partial charge in [-0.2, -0.15) is 0 Å². The number of pyridine rings is 1. The Labute approximate surface area is 149 Å². The van der Waals surface area contributed by atoms with Crippen LogP contribution in [0.25, 0.3) is 11.0 Å². The molecular formula is C18H20N4O4. The third kappa shape index (κ3) is 2.93. The zero-order valence-corrected chi connectivity index (χ0v) is 13.9. The first-order chi connectivity index (χ1) is 12.7. The van der Waals surface area contributed by atoms with Crippen molar-refractivity contribution in [2.75, 3.05) is 11.9 Å². The lowest BCUT2D eigenvalue weighted by Crippen LogP contribution is -2.33. The largest absolute Gasteiger partial charge is 0.394 e. The van der Waals surface area contributed by atoms with E-state index in [0.717, 1.165) is 5.56 Å². The molecule has 0 unspecified atom stereocenters. The molecule has 1 aliphatic rings. The van der Waals surface area contributed by atoms with Crippen LogP contribution in [0.3, 0.4) is 0 Å². The van der Waals surface area contributed by atoms with Crippen molar-refractivity contribution in [1.82, 2.24) is 14.5 Å². The lowest BCUT2D eigenvalue weighted by Gasteiger charge is -2.17. The third-order valence-corrected chi connectivity index (χ3v) is 4.59. The van der Waals surface area contributed by atoms with Gasteiger partial charge in [0.25, 0.3) is 0 Å². The zero-order chi connectivity index (χ0) is 18.1. The molecule has 4 rings (SSSR count). The summed E-state index contributed by atoms with van der Waals surface area (Å²) in [5.74, 6) is 0.622. The Morgan fingerprint density at radius 3 is 2.62 bits per heavy atom. The van der Waals surface area contributed by atoms with E-state index in [2.05, 4.69) is 15.3 Å². The summed E-state index contributed by atoms with van der Waals surface area (Å²) >= 11 is 0. The number of hydrogen-bond donors (Lipinski definition) is 4. The summed E-state index contributed by atoms with van der Waals surface area (Å²) in [4.78, 5) is 8.74. The van der Waals surface area contributed by atoms with E-state index in [4.69, 9.17) is 4.74 Å². The Morgan fingerprint density at radius 1 is 1.08 bits per heavy atom. The van der Waals surface area contributed by atoms with Gasteiger partial charge in [0.05, 0.1) is 18.5 Å². The number of benzene rings is 1. The average molecular weight is 356 g/mol. The van der Waals surface area contributed by atoms with Crippen LogP contribution in [-0.2, 0) is 11.3 Å². The van der Waals surface area contributed by atoms with Crippen LogP contribution >= 0.6 is 0 Å². The fraction of sp³-hybridized carbons (Fsp3) is 0.333. The molecule has 136 valence electrons. The van der Waals surface area contributed by atoms with Crippen LogP contribution in [0.2, 0.25) is 0 Å². The van der Waals surface area contributed by atoms with Gasteiger partial charge in [-0.1, -0.05) is 30.3 Å². The number of aromatic nitrogens is 3. The van der Waals surface area contributed by atoms with Crippen LogP contribution in [0.1, 0.15) is 11.8 Å². The fourth-order valence-electron chi connectivity index (χ4n) is 3.19. The minimum absolute atomic E-state index is 0.368. The molecule has 0 radical (unpaired) electrons. The Hall–Kier alpha value is -2.52. The van der Waals surface area contributed by atoms with Gasteiger partial charge in [0.1, 0.15) is 23.8 Å². The van der Waals surface area contributed by atoms with Crippen molar-refractivity contribution in [3.63, 3.8) is 0 Å². The SMILES string of the molecule is OC[C@H]1O[C@@H](n2cnc3c(NCc4ccccc4)nccc32)[C@H](O)[C@@H]1O. The molecular weight excluding hydrogens is 336 g/mol. The normalized spacial score (nSPS) is 25.7. The molecule has 3 aromatic rings. The van der Waals surface area contributed by atoms with Gasteiger partial charge in [0.15, 0.2) is 12.0 Å². The highest BCUT2D eigenvalue weighted by molar-refractivity contribution is 5.85. The minimum Gasteiger partial charge on any atom is -0.394 e. The first kappa shape index (κ1) is 16.9. The zero-order valence-electron chi connectivity index (χ0n) is 13.9. The quantitative estimate of drug-likeness (QED) is 0.531. The van der Waals surface area contributed by atoms with Gasteiger partial charge in [-0.05, 0) is 11.6 Å². The maximum Gasteiger partial charge on any atom is 0.164 e. The maximum absolute atomic E-state index is 10.2. The second-order valence-corrected chi connectivity index (χ2v) is 6.25. The molecule has 0 aliphatic carbocycles. The number of anilines is 1. The highest BCUT2D eigenvalue weighted by Crippen LogP contribution is 2.32. The standard InChI is InChI=1S/C18H20N4O4/c23-9-13-15(24)16(25)18(26-13)22-10-21-14-12(22)6-7-19-17(14)20-8-11-4-2-1-3-5-11/h1-7,10,13,15-16,18,23-25H,8-9H2,(H,19,20)/t13-,15-,16-,18-/m1/s1. The number of hydrogen-bond acceptors (Lipinski definition) is 7. The second kappa shape index (κ2) is 7.00. The molecule has 4 atom stereocenters. The predicted octanol–water partition coefficient (Wildman–Crippen LogP) is 0.655. The summed E-state index contributed by atoms with van der Waals surface area (Å²) in [6, 6.07) is 11.7. The molecule has 0 amide bonds. The van der Waals surface area contributed by atoms with E-state index in [1.807, 2.05) is 30.3 Å². The van der Waals surface area contributed by atoms with Gasteiger partial charge >= 0.3 is 0 Å². The number of rotatable bonds is 5. The molecule has 0 saturated carbocycles. The van der Waals surface area contributed by atoms with Crippen molar-refractivity contribution in [2.45, 2.75) is 31.1 Å². The third-order valence-electron chi connectivity index (χ3n) is 4.59. The first-order valence-electron chi connectivity index (χ1n) is 8.41. The summed E-state index contributed by atoms with van der Waals surface area (Å²) in [5, 5.41) is 32.7. The van der Waals surface area contributed by atoms with E-state index < -0.39 is 24.5 Å². The van der Waals surface area contributed by atoms with Crippen LogP contribution in [0.15, 0.2) is 48.9 Å². The van der Waals surface area contributed by atoms with Gasteiger partial charge in [0.2, 0.25) is 0 Å². The topological polar surface area (TPSA) is 113 Å². The predicted molar refractivity (Wildman–Crippen MR) is 94.3 cm³/mol. The van der Waals surface area contributed by atoms with E-state index >= 15 is 0 Å². The number of fused-ring (bicyclic) bond motifs is 1.